The van der Waals surface area contributed by atoms with Crippen LogP contribution in [0.4, 0.5) is 0 Å². The van der Waals surface area contributed by atoms with Crippen LogP contribution in [0.5, 0.6) is 0 Å². The molecule has 2 aliphatic rings. The molecule has 2 rings (SSSR count). The molecule has 2 N–H and O–H groups in total. The van der Waals surface area contributed by atoms with Crippen molar-refractivity contribution in [3.8, 4) is 0 Å². The zero-order valence-corrected chi connectivity index (χ0v) is 12.1. The molecule has 110 valence electrons. The van der Waals surface area contributed by atoms with Crippen molar-refractivity contribution in [2.24, 2.45) is 11.7 Å². The predicted octanol–water partition coefficient (Wildman–Crippen LogP) is 1.92. The standard InChI is InChI=1S/C15H28N2O2/c1-19-14-8-10-17(11-9-14)15(18)7-4-12-2-5-13(16)6-3-12/h12-14H,2-11,16H2,1H3. The Hall–Kier alpha value is -0.610. The lowest BCUT2D eigenvalue weighted by Crippen LogP contribution is -2.40. The summed E-state index contributed by atoms with van der Waals surface area (Å²) in [6.07, 6.45) is 8.79. The summed E-state index contributed by atoms with van der Waals surface area (Å²) in [6, 6.07) is 0.403. The molecule has 0 radical (unpaired) electrons. The molecular weight excluding hydrogens is 240 g/mol. The van der Waals surface area contributed by atoms with Crippen molar-refractivity contribution in [3.63, 3.8) is 0 Å². The Morgan fingerprint density at radius 3 is 2.37 bits per heavy atom. The SMILES string of the molecule is COC1CCN(C(=O)CCC2CCC(N)CC2)CC1. The van der Waals surface area contributed by atoms with Crippen LogP contribution in [0.1, 0.15) is 51.4 Å². The van der Waals surface area contributed by atoms with Crippen LogP contribution in [0.15, 0.2) is 0 Å². The highest BCUT2D eigenvalue weighted by atomic mass is 16.5. The molecule has 1 heterocycles. The first kappa shape index (κ1) is 14.8. The summed E-state index contributed by atoms with van der Waals surface area (Å²) >= 11 is 0. The fourth-order valence-electron chi connectivity index (χ4n) is 3.30. The average molecular weight is 268 g/mol. The van der Waals surface area contributed by atoms with Crippen molar-refractivity contribution in [2.45, 2.75) is 63.5 Å². The molecule has 4 heteroatoms. The number of carbonyl (C=O) groups excluding carboxylic acids is 1. The van der Waals surface area contributed by atoms with Crippen LogP contribution in [0, 0.1) is 5.92 Å². The number of hydrogen-bond acceptors (Lipinski definition) is 3. The van der Waals surface area contributed by atoms with Gasteiger partial charge in [0.15, 0.2) is 0 Å². The van der Waals surface area contributed by atoms with Gasteiger partial charge in [-0.3, -0.25) is 4.79 Å². The van der Waals surface area contributed by atoms with Gasteiger partial charge in [-0.25, -0.2) is 0 Å². The van der Waals surface area contributed by atoms with E-state index in [2.05, 4.69) is 0 Å². The van der Waals surface area contributed by atoms with E-state index < -0.39 is 0 Å². The molecule has 0 aromatic heterocycles. The second kappa shape index (κ2) is 7.25. The van der Waals surface area contributed by atoms with Gasteiger partial charge in [0.1, 0.15) is 0 Å². The molecule has 0 unspecified atom stereocenters. The van der Waals surface area contributed by atoms with Gasteiger partial charge in [0, 0.05) is 32.7 Å². The topological polar surface area (TPSA) is 55.6 Å². The number of nitrogens with zero attached hydrogens (tertiary/aromatic N) is 1. The zero-order chi connectivity index (χ0) is 13.7. The third kappa shape index (κ3) is 4.46. The van der Waals surface area contributed by atoms with E-state index in [0.717, 1.165) is 57.5 Å². The van der Waals surface area contributed by atoms with Crippen molar-refractivity contribution in [2.75, 3.05) is 20.2 Å². The van der Waals surface area contributed by atoms with Crippen LogP contribution in [-0.2, 0) is 9.53 Å². The molecule has 0 bridgehead atoms. The first-order chi connectivity index (χ1) is 9.19. The summed E-state index contributed by atoms with van der Waals surface area (Å²) in [6.45, 7) is 1.74. The second-order valence-corrected chi connectivity index (χ2v) is 6.14. The van der Waals surface area contributed by atoms with E-state index in [1.54, 1.807) is 7.11 Å². The molecule has 0 atom stereocenters. The van der Waals surface area contributed by atoms with Crippen LogP contribution in [0.25, 0.3) is 0 Å². The minimum Gasteiger partial charge on any atom is -0.381 e. The van der Waals surface area contributed by atoms with Crippen molar-refractivity contribution >= 4 is 5.91 Å². The van der Waals surface area contributed by atoms with Crippen LogP contribution < -0.4 is 5.73 Å². The number of hydrogen-bond donors (Lipinski definition) is 1. The highest BCUT2D eigenvalue weighted by Crippen LogP contribution is 2.27. The third-order valence-electron chi connectivity index (χ3n) is 4.79. The number of nitrogens with two attached hydrogens (primary N) is 1. The zero-order valence-electron chi connectivity index (χ0n) is 12.1. The molecule has 2 fully saturated rings. The van der Waals surface area contributed by atoms with Gasteiger partial charge in [-0.15, -0.1) is 0 Å². The first-order valence-electron chi connectivity index (χ1n) is 7.75. The second-order valence-electron chi connectivity index (χ2n) is 6.14. The van der Waals surface area contributed by atoms with Crippen LogP contribution in [-0.4, -0.2) is 43.2 Å². The largest absolute Gasteiger partial charge is 0.381 e. The summed E-state index contributed by atoms with van der Waals surface area (Å²) in [5, 5.41) is 0. The molecule has 4 nitrogen and oxygen atoms in total. The lowest BCUT2D eigenvalue weighted by molar-refractivity contribution is -0.133. The number of ether oxygens (including phenoxy) is 1. The summed E-state index contributed by atoms with van der Waals surface area (Å²) in [7, 11) is 1.76. The van der Waals surface area contributed by atoms with Gasteiger partial charge in [0.2, 0.25) is 5.91 Å². The molecule has 1 saturated heterocycles. The quantitative estimate of drug-likeness (QED) is 0.847. The monoisotopic (exact) mass is 268 g/mol. The number of likely N-dealkylation sites (tertiary alicyclic amines) is 1. The van der Waals surface area contributed by atoms with E-state index in [1.807, 2.05) is 4.90 Å². The van der Waals surface area contributed by atoms with Gasteiger partial charge in [0.05, 0.1) is 6.10 Å². The fourth-order valence-corrected chi connectivity index (χ4v) is 3.30. The fraction of sp³-hybridized carbons (Fsp3) is 0.933. The molecule has 1 amide bonds. The van der Waals surface area contributed by atoms with Crippen molar-refractivity contribution in [1.82, 2.24) is 4.90 Å². The van der Waals surface area contributed by atoms with E-state index >= 15 is 0 Å². The molecule has 0 aromatic rings. The summed E-state index contributed by atoms with van der Waals surface area (Å²) in [4.78, 5) is 14.2. The Morgan fingerprint density at radius 2 is 1.79 bits per heavy atom. The lowest BCUT2D eigenvalue weighted by atomic mass is 9.83. The first-order valence-corrected chi connectivity index (χ1v) is 7.75. The Balaban J connectivity index is 1.64. The number of amides is 1. The molecule has 1 aliphatic carbocycles. The van der Waals surface area contributed by atoms with Gasteiger partial charge in [-0.05, 0) is 50.9 Å². The Labute approximate surface area is 116 Å². The number of methoxy groups -OCH3 is 1. The molecular formula is C15H28N2O2. The average Bonchev–Trinajstić information content (AvgIpc) is 2.46. The Bertz CT molecular complexity index is 280. The maximum atomic E-state index is 12.2. The molecule has 0 spiro atoms. The predicted molar refractivity (Wildman–Crippen MR) is 75.8 cm³/mol. The van der Waals surface area contributed by atoms with Crippen molar-refractivity contribution in [1.29, 1.82) is 0 Å². The van der Waals surface area contributed by atoms with Crippen LogP contribution in [0.2, 0.25) is 0 Å². The molecule has 1 aliphatic heterocycles. The highest BCUT2D eigenvalue weighted by Gasteiger charge is 2.24. The smallest absolute Gasteiger partial charge is 0.222 e. The maximum Gasteiger partial charge on any atom is 0.222 e. The summed E-state index contributed by atoms with van der Waals surface area (Å²) < 4.78 is 5.33. The molecule has 19 heavy (non-hydrogen) atoms. The minimum atomic E-state index is 0.337. The van der Waals surface area contributed by atoms with Crippen LogP contribution >= 0.6 is 0 Å². The molecule has 0 aromatic carbocycles. The van der Waals surface area contributed by atoms with Gasteiger partial charge in [-0.1, -0.05) is 0 Å². The van der Waals surface area contributed by atoms with Crippen molar-refractivity contribution < 1.29 is 9.53 Å². The van der Waals surface area contributed by atoms with Crippen LogP contribution in [0.3, 0.4) is 0 Å². The Kier molecular flexibility index (Phi) is 5.64. The number of rotatable bonds is 4. The van der Waals surface area contributed by atoms with Gasteiger partial charge >= 0.3 is 0 Å². The lowest BCUT2D eigenvalue weighted by Gasteiger charge is -2.32. The summed E-state index contributed by atoms with van der Waals surface area (Å²) in [5.41, 5.74) is 5.91. The normalized spacial score (nSPS) is 29.5. The Morgan fingerprint density at radius 1 is 1.16 bits per heavy atom. The number of piperidine rings is 1. The minimum absolute atomic E-state index is 0.337. The van der Waals surface area contributed by atoms with E-state index in [0.29, 0.717) is 18.1 Å². The van der Waals surface area contributed by atoms with Gasteiger partial charge in [-0.2, -0.15) is 0 Å². The highest BCUT2D eigenvalue weighted by molar-refractivity contribution is 5.76. The molecule has 1 saturated carbocycles. The van der Waals surface area contributed by atoms with E-state index in [1.165, 1.54) is 12.8 Å². The van der Waals surface area contributed by atoms with Gasteiger partial charge in [0.25, 0.3) is 0 Å². The third-order valence-corrected chi connectivity index (χ3v) is 4.79. The number of carbonyl (C=O) groups is 1. The van der Waals surface area contributed by atoms with Crippen molar-refractivity contribution in [3.05, 3.63) is 0 Å². The van der Waals surface area contributed by atoms with E-state index in [9.17, 15) is 4.79 Å². The summed E-state index contributed by atoms with van der Waals surface area (Å²) in [5.74, 6) is 1.06. The van der Waals surface area contributed by atoms with E-state index in [4.69, 9.17) is 10.5 Å². The van der Waals surface area contributed by atoms with E-state index in [-0.39, 0.29) is 0 Å². The maximum absolute atomic E-state index is 12.2. The van der Waals surface area contributed by atoms with Gasteiger partial charge < -0.3 is 15.4 Å².